The number of thioether (sulfide) groups is 1. The largest absolute Gasteiger partial charge is 0.465 e. The molecule has 0 aliphatic carbocycles. The third-order valence-electron chi connectivity index (χ3n) is 3.14. The monoisotopic (exact) mass is 393 g/mol. The van der Waals surface area contributed by atoms with Gasteiger partial charge in [0.25, 0.3) is 0 Å². The number of amides is 1. The second-order valence-electron chi connectivity index (χ2n) is 4.86. The quantitative estimate of drug-likeness (QED) is 0.282. The summed E-state index contributed by atoms with van der Waals surface area (Å²) in [5, 5.41) is 13.6. The number of nitrogens with one attached hydrogen (secondary N) is 2. The number of fused-ring (bicyclic) bond motifs is 1. The van der Waals surface area contributed by atoms with Crippen LogP contribution in [0.1, 0.15) is 10.4 Å². The number of hydrogen-bond acceptors (Lipinski definition) is 9. The van der Waals surface area contributed by atoms with Crippen LogP contribution in [0.25, 0.3) is 11.0 Å². The molecule has 0 aliphatic heterocycles. The molecule has 134 valence electrons. The number of imidazole rings is 1. The number of ether oxygens (including phenoxy) is 1. The first-order valence-electron chi connectivity index (χ1n) is 7.07. The standard InChI is InChI=1S/C14H11N5O5S2/c1-24-12(21)7-2-3-8-9(4-7)17-14(16-8)25-6-10(20)18-13-15-5-11(26-13)19(22)23/h2-5H,6H2,1H3,(H,16,17)(H,15,18,20). The Bertz CT molecular complexity index is 999. The molecule has 0 bridgehead atoms. The molecule has 1 aromatic carbocycles. The highest BCUT2D eigenvalue weighted by atomic mass is 32.2. The number of H-pyrrole nitrogens is 1. The average Bonchev–Trinajstić information content (AvgIpc) is 3.25. The first-order chi connectivity index (χ1) is 12.5. The SMILES string of the molecule is COC(=O)c1ccc2nc(SCC(=O)Nc3ncc([N+](=O)[O-])s3)[nH]c2c1. The predicted octanol–water partition coefficient (Wildman–Crippen LogP) is 2.45. The Labute approximate surface area is 154 Å². The van der Waals surface area contributed by atoms with Crippen molar-refractivity contribution in [2.24, 2.45) is 0 Å². The van der Waals surface area contributed by atoms with Crippen LogP contribution < -0.4 is 5.32 Å². The van der Waals surface area contributed by atoms with Crippen molar-refractivity contribution in [1.82, 2.24) is 15.0 Å². The smallest absolute Gasteiger partial charge is 0.345 e. The number of benzene rings is 1. The number of thiazole rings is 1. The molecule has 1 amide bonds. The molecule has 0 atom stereocenters. The van der Waals surface area contributed by atoms with E-state index in [9.17, 15) is 19.7 Å². The molecule has 0 saturated carbocycles. The zero-order valence-corrected chi connectivity index (χ0v) is 14.8. The topological polar surface area (TPSA) is 140 Å². The zero-order valence-electron chi connectivity index (χ0n) is 13.2. The first kappa shape index (κ1) is 17.8. The van der Waals surface area contributed by atoms with E-state index in [1.54, 1.807) is 18.2 Å². The number of hydrogen-bond donors (Lipinski definition) is 2. The van der Waals surface area contributed by atoms with Crippen molar-refractivity contribution in [3.8, 4) is 0 Å². The van der Waals surface area contributed by atoms with Crippen molar-refractivity contribution < 1.29 is 19.2 Å². The lowest BCUT2D eigenvalue weighted by Crippen LogP contribution is -2.13. The number of esters is 1. The van der Waals surface area contributed by atoms with Crippen LogP contribution in [0, 0.1) is 10.1 Å². The van der Waals surface area contributed by atoms with E-state index >= 15 is 0 Å². The van der Waals surface area contributed by atoms with Crippen LogP contribution in [0.3, 0.4) is 0 Å². The molecule has 0 saturated heterocycles. The van der Waals surface area contributed by atoms with Crippen molar-refractivity contribution >= 4 is 56.1 Å². The summed E-state index contributed by atoms with van der Waals surface area (Å²) in [7, 11) is 1.30. The van der Waals surface area contributed by atoms with Gasteiger partial charge >= 0.3 is 11.0 Å². The molecule has 0 spiro atoms. The molecule has 0 unspecified atom stereocenters. The lowest BCUT2D eigenvalue weighted by Gasteiger charge is -1.99. The maximum Gasteiger partial charge on any atom is 0.345 e. The number of carbonyl (C=O) groups excluding carboxylic acids is 2. The Kier molecular flexibility index (Phi) is 5.14. The minimum Gasteiger partial charge on any atom is -0.465 e. The second-order valence-corrected chi connectivity index (χ2v) is 6.84. The average molecular weight is 393 g/mol. The molecule has 3 aromatic rings. The highest BCUT2D eigenvalue weighted by Gasteiger charge is 2.14. The van der Waals surface area contributed by atoms with E-state index in [1.165, 1.54) is 7.11 Å². The van der Waals surface area contributed by atoms with E-state index in [2.05, 4.69) is 25.0 Å². The van der Waals surface area contributed by atoms with E-state index < -0.39 is 10.9 Å². The van der Waals surface area contributed by atoms with Gasteiger partial charge in [-0.1, -0.05) is 11.8 Å². The molecule has 0 radical (unpaired) electrons. The molecule has 3 rings (SSSR count). The second kappa shape index (κ2) is 7.49. The van der Waals surface area contributed by atoms with E-state index in [-0.39, 0.29) is 21.8 Å². The molecule has 0 fully saturated rings. The molecule has 12 heteroatoms. The fraction of sp³-hybridized carbons (Fsp3) is 0.143. The van der Waals surface area contributed by atoms with Gasteiger partial charge in [0, 0.05) is 0 Å². The van der Waals surface area contributed by atoms with Gasteiger partial charge in [-0.25, -0.2) is 14.8 Å². The minimum atomic E-state index is -0.570. The fourth-order valence-corrected chi connectivity index (χ4v) is 3.33. The van der Waals surface area contributed by atoms with Crippen molar-refractivity contribution in [1.29, 1.82) is 0 Å². The van der Waals surface area contributed by atoms with Crippen LogP contribution in [0.2, 0.25) is 0 Å². The van der Waals surface area contributed by atoms with Crippen LogP contribution in [-0.2, 0) is 9.53 Å². The molecular weight excluding hydrogens is 382 g/mol. The minimum absolute atomic E-state index is 0.0387. The van der Waals surface area contributed by atoms with Gasteiger partial charge in [0.1, 0.15) is 6.20 Å². The third kappa shape index (κ3) is 3.97. The lowest BCUT2D eigenvalue weighted by atomic mass is 10.2. The maximum absolute atomic E-state index is 11.9. The van der Waals surface area contributed by atoms with E-state index in [0.29, 0.717) is 21.8 Å². The summed E-state index contributed by atoms with van der Waals surface area (Å²) in [6, 6.07) is 4.90. The summed E-state index contributed by atoms with van der Waals surface area (Å²) in [4.78, 5) is 44.6. The predicted molar refractivity (Wildman–Crippen MR) is 95.6 cm³/mol. The van der Waals surface area contributed by atoms with Crippen LogP contribution in [0.4, 0.5) is 10.1 Å². The maximum atomic E-state index is 11.9. The Morgan fingerprint density at radius 1 is 1.46 bits per heavy atom. The van der Waals surface area contributed by atoms with E-state index in [4.69, 9.17) is 0 Å². The molecule has 26 heavy (non-hydrogen) atoms. The normalized spacial score (nSPS) is 10.7. The van der Waals surface area contributed by atoms with Crippen molar-refractivity contribution in [3.63, 3.8) is 0 Å². The number of aromatic amines is 1. The molecular formula is C14H11N5O5S2. The van der Waals surface area contributed by atoms with Gasteiger partial charge in [-0.15, -0.1) is 0 Å². The molecule has 10 nitrogen and oxygen atoms in total. The molecule has 2 N–H and O–H groups in total. The number of carbonyl (C=O) groups is 2. The summed E-state index contributed by atoms with van der Waals surface area (Å²) in [5.74, 6) is -0.778. The Morgan fingerprint density at radius 2 is 2.27 bits per heavy atom. The highest BCUT2D eigenvalue weighted by molar-refractivity contribution is 7.99. The van der Waals surface area contributed by atoms with E-state index in [1.807, 2.05) is 0 Å². The number of aromatic nitrogens is 3. The Balaban J connectivity index is 1.62. The van der Waals surface area contributed by atoms with Gasteiger partial charge in [-0.05, 0) is 29.5 Å². The number of nitrogens with zero attached hydrogens (tertiary/aromatic N) is 3. The summed E-state index contributed by atoms with van der Waals surface area (Å²) in [6.45, 7) is 0. The van der Waals surface area contributed by atoms with Crippen LogP contribution in [0.15, 0.2) is 29.6 Å². The lowest BCUT2D eigenvalue weighted by molar-refractivity contribution is -0.380. The van der Waals surface area contributed by atoms with Gasteiger partial charge in [0.15, 0.2) is 10.3 Å². The van der Waals surface area contributed by atoms with Crippen LogP contribution in [0.5, 0.6) is 0 Å². The van der Waals surface area contributed by atoms with Crippen LogP contribution >= 0.6 is 23.1 Å². The van der Waals surface area contributed by atoms with Crippen molar-refractivity contribution in [2.45, 2.75) is 5.16 Å². The summed E-state index contributed by atoms with van der Waals surface area (Å²) in [5.41, 5.74) is 1.69. The van der Waals surface area contributed by atoms with E-state index in [0.717, 1.165) is 29.3 Å². The van der Waals surface area contributed by atoms with Gasteiger partial charge in [-0.2, -0.15) is 0 Å². The number of methoxy groups -OCH3 is 1. The highest BCUT2D eigenvalue weighted by Crippen LogP contribution is 2.25. The van der Waals surface area contributed by atoms with Gasteiger partial charge < -0.3 is 15.0 Å². The number of nitro groups is 1. The molecule has 2 aromatic heterocycles. The molecule has 2 heterocycles. The van der Waals surface area contributed by atoms with Crippen LogP contribution in [-0.4, -0.2) is 44.6 Å². The summed E-state index contributed by atoms with van der Waals surface area (Å²) >= 11 is 1.94. The summed E-state index contributed by atoms with van der Waals surface area (Å²) in [6.07, 6.45) is 1.09. The van der Waals surface area contributed by atoms with Gasteiger partial charge in [-0.3, -0.25) is 14.9 Å². The first-order valence-corrected chi connectivity index (χ1v) is 8.87. The van der Waals surface area contributed by atoms with Crippen molar-refractivity contribution in [3.05, 3.63) is 40.1 Å². The Hall–Kier alpha value is -2.99. The third-order valence-corrected chi connectivity index (χ3v) is 4.88. The Morgan fingerprint density at radius 3 is 2.96 bits per heavy atom. The summed E-state index contributed by atoms with van der Waals surface area (Å²) < 4.78 is 4.67. The number of anilines is 1. The van der Waals surface area contributed by atoms with Gasteiger partial charge in [0.2, 0.25) is 5.91 Å². The number of rotatable bonds is 6. The fourth-order valence-electron chi connectivity index (χ4n) is 2.00. The zero-order chi connectivity index (χ0) is 18.7. The molecule has 0 aliphatic rings. The van der Waals surface area contributed by atoms with Crippen molar-refractivity contribution in [2.75, 3.05) is 18.2 Å². The van der Waals surface area contributed by atoms with Gasteiger partial charge in [0.05, 0.1) is 34.4 Å².